The Morgan fingerprint density at radius 3 is 2.69 bits per heavy atom. The molecule has 0 radical (unpaired) electrons. The molecule has 0 amide bonds. The third-order valence-electron chi connectivity index (χ3n) is 5.44. The van der Waals surface area contributed by atoms with Gasteiger partial charge in [0.15, 0.2) is 0 Å². The number of hydrogen-bond donors (Lipinski definition) is 1. The number of hydrogen-bond acceptors (Lipinski definition) is 5. The van der Waals surface area contributed by atoms with Crippen molar-refractivity contribution in [1.82, 2.24) is 19.6 Å². The molecule has 1 saturated heterocycles. The van der Waals surface area contributed by atoms with Crippen molar-refractivity contribution in [3.05, 3.63) is 71.7 Å². The van der Waals surface area contributed by atoms with Crippen LogP contribution in [-0.4, -0.2) is 57.0 Å². The number of rotatable bonds is 7. The first-order valence-electron chi connectivity index (χ1n) is 10.0. The van der Waals surface area contributed by atoms with E-state index >= 15 is 0 Å². The lowest BCUT2D eigenvalue weighted by Crippen LogP contribution is -2.52. The van der Waals surface area contributed by atoms with Crippen LogP contribution in [0.15, 0.2) is 53.2 Å². The van der Waals surface area contributed by atoms with Crippen molar-refractivity contribution in [1.29, 1.82) is 0 Å². The molecule has 4 rings (SSSR count). The first-order valence-corrected chi connectivity index (χ1v) is 10.0. The zero-order chi connectivity index (χ0) is 20.2. The van der Waals surface area contributed by atoms with Crippen molar-refractivity contribution in [2.45, 2.75) is 32.5 Å². The monoisotopic (exact) mass is 398 g/mol. The molecule has 1 aliphatic heterocycles. The van der Waals surface area contributed by atoms with Crippen LogP contribution in [0.2, 0.25) is 0 Å². The molecule has 1 atom stereocenters. The Morgan fingerprint density at radius 1 is 1.14 bits per heavy atom. The molecule has 7 heteroatoms. The minimum atomic E-state index is -0.251. The van der Waals surface area contributed by atoms with Crippen LogP contribution in [0.1, 0.15) is 23.5 Å². The van der Waals surface area contributed by atoms with Crippen molar-refractivity contribution < 1.29 is 13.9 Å². The van der Waals surface area contributed by atoms with Crippen molar-refractivity contribution in [3.8, 4) is 5.69 Å². The smallest absolute Gasteiger partial charge is 0.123 e. The van der Waals surface area contributed by atoms with Crippen LogP contribution in [0.3, 0.4) is 0 Å². The molecule has 0 unspecified atom stereocenters. The van der Waals surface area contributed by atoms with Crippen LogP contribution in [0.4, 0.5) is 4.39 Å². The number of furan rings is 1. The van der Waals surface area contributed by atoms with Crippen LogP contribution in [0.25, 0.3) is 5.69 Å². The summed E-state index contributed by atoms with van der Waals surface area (Å²) in [6.07, 6.45) is 4.60. The highest BCUT2D eigenvalue weighted by molar-refractivity contribution is 5.31. The molecular weight excluding hydrogens is 371 g/mol. The Morgan fingerprint density at radius 2 is 1.97 bits per heavy atom. The summed E-state index contributed by atoms with van der Waals surface area (Å²) >= 11 is 0. The van der Waals surface area contributed by atoms with E-state index in [9.17, 15) is 9.50 Å². The maximum Gasteiger partial charge on any atom is 0.123 e. The van der Waals surface area contributed by atoms with E-state index in [1.807, 2.05) is 31.5 Å². The first kappa shape index (κ1) is 19.8. The van der Waals surface area contributed by atoms with Crippen LogP contribution in [-0.2, 0) is 13.1 Å². The third kappa shape index (κ3) is 4.93. The topological polar surface area (TPSA) is 57.7 Å². The second kappa shape index (κ2) is 8.90. The zero-order valence-electron chi connectivity index (χ0n) is 16.7. The maximum absolute atomic E-state index is 13.1. The van der Waals surface area contributed by atoms with Gasteiger partial charge in [0.2, 0.25) is 0 Å². The Labute approximate surface area is 170 Å². The van der Waals surface area contributed by atoms with E-state index in [1.165, 1.54) is 12.1 Å². The Kier molecular flexibility index (Phi) is 6.08. The number of aliphatic hydroxyl groups excluding tert-OH is 1. The molecule has 3 aromatic rings. The van der Waals surface area contributed by atoms with Crippen molar-refractivity contribution in [2.24, 2.45) is 0 Å². The van der Waals surface area contributed by atoms with E-state index in [4.69, 9.17) is 4.42 Å². The summed E-state index contributed by atoms with van der Waals surface area (Å²) in [5.74, 6) is 1.65. The first-order chi connectivity index (χ1) is 14.1. The number of nitrogens with zero attached hydrogens (tertiary/aromatic N) is 4. The number of benzene rings is 1. The van der Waals surface area contributed by atoms with Gasteiger partial charge in [-0.3, -0.25) is 9.80 Å². The van der Waals surface area contributed by atoms with Crippen LogP contribution < -0.4 is 0 Å². The normalized spacial score (nSPS) is 18.4. The lowest BCUT2D eigenvalue weighted by molar-refractivity contribution is 0.0454. The Bertz CT molecular complexity index is 921. The van der Waals surface area contributed by atoms with Crippen LogP contribution in [0, 0.1) is 12.7 Å². The largest absolute Gasteiger partial charge is 0.465 e. The van der Waals surface area contributed by atoms with Crippen LogP contribution in [0.5, 0.6) is 0 Å². The summed E-state index contributed by atoms with van der Waals surface area (Å²) in [6, 6.07) is 10.6. The number of piperazine rings is 1. The van der Waals surface area contributed by atoms with Gasteiger partial charge < -0.3 is 9.52 Å². The van der Waals surface area contributed by atoms with Gasteiger partial charge in [-0.05, 0) is 49.7 Å². The van der Waals surface area contributed by atoms with Gasteiger partial charge in [-0.1, -0.05) is 0 Å². The summed E-state index contributed by atoms with van der Waals surface area (Å²) in [7, 11) is 0. The molecule has 0 saturated carbocycles. The van der Waals surface area contributed by atoms with E-state index in [1.54, 1.807) is 16.8 Å². The molecule has 29 heavy (non-hydrogen) atoms. The highest BCUT2D eigenvalue weighted by Crippen LogP contribution is 2.20. The van der Waals surface area contributed by atoms with E-state index in [0.29, 0.717) is 0 Å². The number of halogens is 1. The average Bonchev–Trinajstić information content (AvgIpc) is 3.34. The Hall–Kier alpha value is -2.48. The fourth-order valence-corrected chi connectivity index (χ4v) is 3.94. The predicted octanol–water partition coefficient (Wildman–Crippen LogP) is 2.98. The standard InChI is InChI=1S/C22H27FN4O2/c1-17-2-7-22(29-17)16-26-10-9-25(15-21(26)8-11-28)13-18-12-24-27(14-18)20-5-3-19(23)4-6-20/h2-7,12,14,21,28H,8-11,13,15-16H2,1H3/t21-/m0/s1. The molecule has 2 aromatic heterocycles. The minimum absolute atomic E-state index is 0.175. The second-order valence-electron chi connectivity index (χ2n) is 7.65. The van der Waals surface area contributed by atoms with Crippen molar-refractivity contribution in [2.75, 3.05) is 26.2 Å². The predicted molar refractivity (Wildman–Crippen MR) is 108 cm³/mol. The highest BCUT2D eigenvalue weighted by atomic mass is 19.1. The molecule has 0 aliphatic carbocycles. The second-order valence-corrected chi connectivity index (χ2v) is 7.65. The van der Waals surface area contributed by atoms with Gasteiger partial charge in [0.25, 0.3) is 0 Å². The summed E-state index contributed by atoms with van der Waals surface area (Å²) in [4.78, 5) is 4.79. The molecule has 0 bridgehead atoms. The van der Waals surface area contributed by atoms with Gasteiger partial charge in [-0.2, -0.15) is 5.10 Å². The molecule has 154 valence electrons. The van der Waals surface area contributed by atoms with Gasteiger partial charge in [-0.25, -0.2) is 9.07 Å². The maximum atomic E-state index is 13.1. The zero-order valence-corrected chi connectivity index (χ0v) is 16.7. The molecule has 1 N–H and O–H groups in total. The van der Waals surface area contributed by atoms with E-state index < -0.39 is 0 Å². The lowest BCUT2D eigenvalue weighted by atomic mass is 10.1. The van der Waals surface area contributed by atoms with Gasteiger partial charge in [0.1, 0.15) is 17.3 Å². The third-order valence-corrected chi connectivity index (χ3v) is 5.44. The van der Waals surface area contributed by atoms with E-state index in [0.717, 1.165) is 61.9 Å². The van der Waals surface area contributed by atoms with Gasteiger partial charge in [0, 0.05) is 50.6 Å². The molecule has 1 aliphatic rings. The number of aliphatic hydroxyl groups is 1. The average molecular weight is 398 g/mol. The Balaban J connectivity index is 1.38. The lowest BCUT2D eigenvalue weighted by Gasteiger charge is -2.41. The van der Waals surface area contributed by atoms with Crippen LogP contribution >= 0.6 is 0 Å². The summed E-state index contributed by atoms with van der Waals surface area (Å²) in [5, 5.41) is 13.9. The van der Waals surface area contributed by atoms with E-state index in [-0.39, 0.29) is 18.5 Å². The van der Waals surface area contributed by atoms with Crippen molar-refractivity contribution >= 4 is 0 Å². The molecule has 0 spiro atoms. The van der Waals surface area contributed by atoms with Gasteiger partial charge >= 0.3 is 0 Å². The van der Waals surface area contributed by atoms with Gasteiger partial charge in [-0.15, -0.1) is 0 Å². The SMILES string of the molecule is Cc1ccc(CN2CCN(Cc3cnn(-c4ccc(F)cc4)c3)C[C@@H]2CCO)o1. The fraction of sp³-hybridized carbons (Fsp3) is 0.409. The van der Waals surface area contributed by atoms with Gasteiger partial charge in [0.05, 0.1) is 18.4 Å². The molecular formula is C22H27FN4O2. The molecule has 1 fully saturated rings. The summed E-state index contributed by atoms with van der Waals surface area (Å²) in [6.45, 7) is 6.47. The van der Waals surface area contributed by atoms with E-state index in [2.05, 4.69) is 14.9 Å². The highest BCUT2D eigenvalue weighted by Gasteiger charge is 2.27. The quantitative estimate of drug-likeness (QED) is 0.663. The molecule has 3 heterocycles. The number of aryl methyl sites for hydroxylation is 1. The number of aromatic nitrogens is 2. The van der Waals surface area contributed by atoms with Crippen molar-refractivity contribution in [3.63, 3.8) is 0 Å². The minimum Gasteiger partial charge on any atom is -0.465 e. The molecule has 6 nitrogen and oxygen atoms in total. The summed E-state index contributed by atoms with van der Waals surface area (Å²) in [5.41, 5.74) is 1.96. The fourth-order valence-electron chi connectivity index (χ4n) is 3.94. The summed E-state index contributed by atoms with van der Waals surface area (Å²) < 4.78 is 20.6. The molecule has 1 aromatic carbocycles.